The Morgan fingerprint density at radius 1 is 1.04 bits per heavy atom. The lowest BCUT2D eigenvalue weighted by Gasteiger charge is -2.13. The molecule has 4 N–H and O–H groups in total. The molecular formula is C16H22N2O5. The summed E-state index contributed by atoms with van der Waals surface area (Å²) in [7, 11) is 0. The molecule has 7 heteroatoms. The first kappa shape index (κ1) is 17.1. The molecule has 0 aromatic heterocycles. The molecule has 7 nitrogen and oxygen atoms in total. The number of phenols is 2. The van der Waals surface area contributed by atoms with Crippen molar-refractivity contribution in [3.05, 3.63) is 17.7 Å². The monoisotopic (exact) mass is 322 g/mol. The third-order valence-corrected chi connectivity index (χ3v) is 3.54. The van der Waals surface area contributed by atoms with E-state index in [0.29, 0.717) is 25.9 Å². The van der Waals surface area contributed by atoms with Crippen LogP contribution >= 0.6 is 0 Å². The van der Waals surface area contributed by atoms with Crippen LogP contribution in [0.15, 0.2) is 12.1 Å². The molecule has 126 valence electrons. The summed E-state index contributed by atoms with van der Waals surface area (Å²) in [6.45, 7) is 1.40. The lowest BCUT2D eigenvalue weighted by molar-refractivity contribution is -0.121. The predicted octanol–water partition coefficient (Wildman–Crippen LogP) is 0.939. The van der Waals surface area contributed by atoms with Crippen molar-refractivity contribution in [2.75, 3.05) is 26.2 Å². The van der Waals surface area contributed by atoms with Gasteiger partial charge in [0.2, 0.25) is 5.91 Å². The van der Waals surface area contributed by atoms with Gasteiger partial charge in [-0.1, -0.05) is 0 Å². The van der Waals surface area contributed by atoms with E-state index in [0.717, 1.165) is 18.9 Å². The highest BCUT2D eigenvalue weighted by atomic mass is 16.5. The lowest BCUT2D eigenvalue weighted by atomic mass is 10.1. The Morgan fingerprint density at radius 3 is 2.70 bits per heavy atom. The van der Waals surface area contributed by atoms with Gasteiger partial charge in [-0.05, 0) is 25.8 Å². The van der Waals surface area contributed by atoms with E-state index >= 15 is 0 Å². The summed E-state index contributed by atoms with van der Waals surface area (Å²) in [4.78, 5) is 23.8. The molecule has 2 rings (SSSR count). The van der Waals surface area contributed by atoms with E-state index in [-0.39, 0.29) is 47.7 Å². The second-order valence-corrected chi connectivity index (χ2v) is 5.45. The van der Waals surface area contributed by atoms with Crippen LogP contribution in [0.5, 0.6) is 17.2 Å². The number of hydrogen-bond donors (Lipinski definition) is 4. The first-order valence-corrected chi connectivity index (χ1v) is 7.77. The van der Waals surface area contributed by atoms with E-state index in [9.17, 15) is 19.8 Å². The van der Waals surface area contributed by atoms with Gasteiger partial charge in [-0.15, -0.1) is 0 Å². The second kappa shape index (κ2) is 8.38. The predicted molar refractivity (Wildman–Crippen MR) is 83.9 cm³/mol. The summed E-state index contributed by atoms with van der Waals surface area (Å²) >= 11 is 0. The van der Waals surface area contributed by atoms with Crippen LogP contribution in [-0.4, -0.2) is 48.1 Å². The van der Waals surface area contributed by atoms with Crippen molar-refractivity contribution in [2.45, 2.75) is 25.7 Å². The average molecular weight is 322 g/mol. The highest BCUT2D eigenvalue weighted by Crippen LogP contribution is 2.33. The molecular weight excluding hydrogens is 300 g/mol. The lowest BCUT2D eigenvalue weighted by Crippen LogP contribution is -2.25. The fourth-order valence-electron chi connectivity index (χ4n) is 2.38. The zero-order chi connectivity index (χ0) is 16.7. The van der Waals surface area contributed by atoms with Crippen molar-refractivity contribution in [2.24, 2.45) is 0 Å². The Labute approximate surface area is 134 Å². The Balaban J connectivity index is 2.14. The maximum atomic E-state index is 12.3. The zero-order valence-corrected chi connectivity index (χ0v) is 12.9. The number of rotatable bonds is 0. The Kier molecular flexibility index (Phi) is 6.22. The molecule has 0 saturated heterocycles. The number of carbonyl (C=O) groups is 2. The van der Waals surface area contributed by atoms with Crippen LogP contribution < -0.4 is 15.4 Å². The van der Waals surface area contributed by atoms with Crippen LogP contribution in [0, 0.1) is 0 Å². The Hall–Kier alpha value is -2.28. The van der Waals surface area contributed by atoms with E-state index in [4.69, 9.17) is 4.74 Å². The molecule has 0 unspecified atom stereocenters. The topological polar surface area (TPSA) is 108 Å². The van der Waals surface area contributed by atoms with Crippen LogP contribution in [-0.2, 0) is 4.79 Å². The van der Waals surface area contributed by atoms with Crippen LogP contribution in [0.1, 0.15) is 36.0 Å². The molecule has 23 heavy (non-hydrogen) atoms. The molecule has 1 heterocycles. The number of phenolic OH excluding ortho intramolecular Hbond substituents is 2. The van der Waals surface area contributed by atoms with Crippen molar-refractivity contribution < 1.29 is 24.5 Å². The molecule has 0 bridgehead atoms. The summed E-state index contributed by atoms with van der Waals surface area (Å²) in [6, 6.07) is 2.43. The van der Waals surface area contributed by atoms with E-state index in [1.165, 1.54) is 6.07 Å². The minimum Gasteiger partial charge on any atom is -0.508 e. The maximum Gasteiger partial charge on any atom is 0.219 e. The van der Waals surface area contributed by atoms with Gasteiger partial charge in [0.05, 0.1) is 13.2 Å². The summed E-state index contributed by atoms with van der Waals surface area (Å²) in [5.74, 6) is -0.624. The molecule has 0 radical (unpaired) electrons. The van der Waals surface area contributed by atoms with Gasteiger partial charge in [-0.25, -0.2) is 0 Å². The second-order valence-electron chi connectivity index (χ2n) is 5.45. The number of ketones is 1. The highest BCUT2D eigenvalue weighted by Gasteiger charge is 2.19. The van der Waals surface area contributed by atoms with Gasteiger partial charge in [0.25, 0.3) is 0 Å². The molecule has 0 spiro atoms. The van der Waals surface area contributed by atoms with Crippen LogP contribution in [0.2, 0.25) is 0 Å². The number of carbonyl (C=O) groups excluding carboxylic acids is 2. The minimum absolute atomic E-state index is 0.00615. The standard InChI is InChI=1S/C16H22N2O5/c19-11-8-12(20)16-13(21)10-17-5-2-1-4-15(22)18-6-3-7-23-14(16)9-11/h8-9,17,19-20H,1-7,10H2,(H,18,22). The summed E-state index contributed by atoms with van der Waals surface area (Å²) < 4.78 is 5.51. The molecule has 1 aliphatic rings. The molecule has 0 aliphatic carbocycles. The van der Waals surface area contributed by atoms with E-state index in [2.05, 4.69) is 10.6 Å². The van der Waals surface area contributed by atoms with Gasteiger partial charge in [-0.2, -0.15) is 0 Å². The number of fused-ring (bicyclic) bond motifs is 1. The summed E-state index contributed by atoms with van der Waals surface area (Å²) in [5.41, 5.74) is 0.0641. The highest BCUT2D eigenvalue weighted by molar-refractivity contribution is 6.02. The molecule has 1 aliphatic heterocycles. The van der Waals surface area contributed by atoms with Gasteiger partial charge in [0, 0.05) is 25.1 Å². The number of Topliss-reactive ketones (excluding diaryl/α,β-unsaturated/α-hetero) is 1. The Bertz CT molecular complexity index is 574. The normalized spacial score (nSPS) is 18.1. The largest absolute Gasteiger partial charge is 0.508 e. The quantitative estimate of drug-likeness (QED) is 0.566. The SMILES string of the molecule is O=C1CCCCNCC(=O)c2c(O)cc(O)cc2OCCCN1. The van der Waals surface area contributed by atoms with Crippen LogP contribution in [0.3, 0.4) is 0 Å². The van der Waals surface area contributed by atoms with Crippen molar-refractivity contribution in [3.8, 4) is 17.2 Å². The number of nitrogens with one attached hydrogen (secondary N) is 2. The maximum absolute atomic E-state index is 12.3. The van der Waals surface area contributed by atoms with E-state index < -0.39 is 0 Å². The summed E-state index contributed by atoms with van der Waals surface area (Å²) in [6.07, 6.45) is 2.56. The number of amides is 1. The number of benzene rings is 1. The molecule has 1 amide bonds. The number of ether oxygens (including phenoxy) is 1. The molecule has 0 atom stereocenters. The van der Waals surface area contributed by atoms with Gasteiger partial charge in [-0.3, -0.25) is 9.59 Å². The smallest absolute Gasteiger partial charge is 0.219 e. The van der Waals surface area contributed by atoms with Crippen molar-refractivity contribution in [3.63, 3.8) is 0 Å². The van der Waals surface area contributed by atoms with E-state index in [1.807, 2.05) is 0 Å². The summed E-state index contributed by atoms with van der Waals surface area (Å²) in [5, 5.41) is 25.3. The van der Waals surface area contributed by atoms with Crippen molar-refractivity contribution in [1.29, 1.82) is 0 Å². The first-order valence-electron chi connectivity index (χ1n) is 7.77. The van der Waals surface area contributed by atoms with Gasteiger partial charge >= 0.3 is 0 Å². The first-order chi connectivity index (χ1) is 11.1. The van der Waals surface area contributed by atoms with Crippen LogP contribution in [0.25, 0.3) is 0 Å². The molecule has 1 aromatic carbocycles. The number of hydrogen-bond acceptors (Lipinski definition) is 6. The van der Waals surface area contributed by atoms with Gasteiger partial charge in [0.15, 0.2) is 5.78 Å². The van der Waals surface area contributed by atoms with Crippen molar-refractivity contribution >= 4 is 11.7 Å². The average Bonchev–Trinajstić information content (AvgIpc) is 2.49. The Morgan fingerprint density at radius 2 is 1.87 bits per heavy atom. The van der Waals surface area contributed by atoms with Gasteiger partial charge in [0.1, 0.15) is 22.8 Å². The van der Waals surface area contributed by atoms with Crippen molar-refractivity contribution in [1.82, 2.24) is 10.6 Å². The minimum atomic E-state index is -0.304. The third kappa shape index (κ3) is 5.14. The van der Waals surface area contributed by atoms with E-state index in [1.54, 1.807) is 0 Å². The zero-order valence-electron chi connectivity index (χ0n) is 12.9. The molecule has 0 saturated carbocycles. The third-order valence-electron chi connectivity index (χ3n) is 3.54. The molecule has 0 fully saturated rings. The molecule has 1 aromatic rings. The fourth-order valence-corrected chi connectivity index (χ4v) is 2.38. The van der Waals surface area contributed by atoms with Crippen LogP contribution in [0.4, 0.5) is 0 Å². The number of aromatic hydroxyl groups is 2. The fraction of sp³-hybridized carbons (Fsp3) is 0.500. The van der Waals surface area contributed by atoms with Gasteiger partial charge < -0.3 is 25.6 Å².